The molecule has 0 unspecified atom stereocenters. The van der Waals surface area contributed by atoms with Crippen LogP contribution in [0.5, 0.6) is 0 Å². The van der Waals surface area contributed by atoms with Crippen molar-refractivity contribution in [1.82, 2.24) is 40.9 Å². The zero-order valence-corrected chi connectivity index (χ0v) is 18.3. The highest BCUT2D eigenvalue weighted by Crippen LogP contribution is 2.34. The number of guanidine groups is 1. The number of piperazine rings is 4. The molecule has 0 aromatic heterocycles. The van der Waals surface area contributed by atoms with Crippen LogP contribution >= 0.6 is 0 Å². The fourth-order valence-corrected chi connectivity index (χ4v) is 5.48. The van der Waals surface area contributed by atoms with E-state index in [1.807, 2.05) is 0 Å². The summed E-state index contributed by atoms with van der Waals surface area (Å²) in [5.74, 6) is -0.403. The van der Waals surface area contributed by atoms with Crippen LogP contribution in [0.2, 0.25) is 0 Å². The fraction of sp³-hybridized carbons (Fsp3) is 0.947. The highest BCUT2D eigenvalue weighted by Gasteiger charge is 2.54. The van der Waals surface area contributed by atoms with Crippen LogP contribution in [0.4, 0.5) is 0 Å². The van der Waals surface area contributed by atoms with E-state index >= 15 is 0 Å². The first-order valence-electron chi connectivity index (χ1n) is 11.6. The Labute approximate surface area is 180 Å². The van der Waals surface area contributed by atoms with Gasteiger partial charge in [-0.2, -0.15) is 0 Å². The molecule has 0 saturated carbocycles. The van der Waals surface area contributed by atoms with E-state index in [1.54, 1.807) is 0 Å². The molecule has 0 radical (unpaired) electrons. The molecule has 4 aliphatic heterocycles. The van der Waals surface area contributed by atoms with Crippen LogP contribution < -0.4 is 32.7 Å². The summed E-state index contributed by atoms with van der Waals surface area (Å²) in [5.41, 5.74) is 12.3. The average molecular weight is 424 g/mol. The third kappa shape index (κ3) is 4.73. The first-order valence-corrected chi connectivity index (χ1v) is 11.6. The first kappa shape index (κ1) is 22.2. The van der Waals surface area contributed by atoms with Gasteiger partial charge in [-0.25, -0.2) is 4.99 Å². The summed E-state index contributed by atoms with van der Waals surface area (Å²) in [5, 5.41) is 14.1. The third-order valence-electron chi connectivity index (χ3n) is 6.80. The molecule has 0 amide bonds. The average Bonchev–Trinajstić information content (AvgIpc) is 2.81. The topological polar surface area (TPSA) is 125 Å². The van der Waals surface area contributed by atoms with Crippen LogP contribution in [-0.4, -0.2) is 142 Å². The Hall–Kier alpha value is -1.05. The quantitative estimate of drug-likeness (QED) is 0.185. The molecule has 4 heterocycles. The maximum atomic E-state index is 6.17. The minimum absolute atomic E-state index is 0.111. The molecule has 0 aromatic rings. The molecule has 4 aliphatic rings. The van der Waals surface area contributed by atoms with Crippen molar-refractivity contribution in [2.45, 2.75) is 12.0 Å². The van der Waals surface area contributed by atoms with Gasteiger partial charge in [-0.1, -0.05) is 0 Å². The van der Waals surface area contributed by atoms with Gasteiger partial charge in [0.15, 0.2) is 5.96 Å². The van der Waals surface area contributed by atoms with Gasteiger partial charge in [-0.3, -0.25) is 19.6 Å². The Bertz CT molecular complexity index is 507. The molecule has 8 N–H and O–H groups in total. The molecule has 0 bridgehead atoms. The maximum absolute atomic E-state index is 6.17. The number of nitrogens with one attached hydrogen (secondary N) is 4. The van der Waals surface area contributed by atoms with Crippen molar-refractivity contribution in [2.75, 3.05) is 105 Å². The number of hydrogen-bond donors (Lipinski definition) is 6. The van der Waals surface area contributed by atoms with Gasteiger partial charge in [-0.05, 0) is 0 Å². The van der Waals surface area contributed by atoms with E-state index in [9.17, 15) is 0 Å². The second-order valence-electron chi connectivity index (χ2n) is 8.64. The summed E-state index contributed by atoms with van der Waals surface area (Å²) >= 11 is 0. The number of nitrogens with two attached hydrogens (primary N) is 2. The smallest absolute Gasteiger partial charge is 0.203 e. The van der Waals surface area contributed by atoms with E-state index in [0.29, 0.717) is 0 Å². The number of hydrogen-bond acceptors (Lipinski definition) is 9. The molecule has 11 nitrogen and oxygen atoms in total. The van der Waals surface area contributed by atoms with Crippen LogP contribution in [-0.2, 0) is 0 Å². The molecule has 30 heavy (non-hydrogen) atoms. The van der Waals surface area contributed by atoms with Gasteiger partial charge in [0.05, 0.1) is 0 Å². The lowest BCUT2D eigenvalue weighted by Gasteiger charge is -2.59. The van der Waals surface area contributed by atoms with Crippen molar-refractivity contribution in [3.8, 4) is 0 Å². The highest BCUT2D eigenvalue weighted by molar-refractivity contribution is 5.76. The van der Waals surface area contributed by atoms with Gasteiger partial charge in [0, 0.05) is 105 Å². The van der Waals surface area contributed by atoms with Crippen molar-refractivity contribution < 1.29 is 0 Å². The summed E-state index contributed by atoms with van der Waals surface area (Å²) in [6, 6.07) is 0. The number of rotatable bonds is 6. The Morgan fingerprint density at radius 1 is 0.600 bits per heavy atom. The molecule has 0 aliphatic carbocycles. The van der Waals surface area contributed by atoms with Gasteiger partial charge in [0.25, 0.3) is 0 Å². The van der Waals surface area contributed by atoms with E-state index in [-0.39, 0.29) is 12.1 Å². The van der Waals surface area contributed by atoms with Gasteiger partial charge in [0.2, 0.25) is 5.79 Å². The Morgan fingerprint density at radius 2 is 0.933 bits per heavy atom. The highest BCUT2D eigenvalue weighted by atomic mass is 15.6. The van der Waals surface area contributed by atoms with Gasteiger partial charge in [-0.15, -0.1) is 0 Å². The lowest BCUT2D eigenvalue weighted by atomic mass is 10.0. The summed E-state index contributed by atoms with van der Waals surface area (Å²) in [7, 11) is 0. The van der Waals surface area contributed by atoms with E-state index < -0.39 is 5.79 Å². The normalized spacial score (nSPS) is 26.7. The molecule has 0 spiro atoms. The van der Waals surface area contributed by atoms with E-state index in [4.69, 9.17) is 16.5 Å². The van der Waals surface area contributed by atoms with Crippen molar-refractivity contribution in [1.29, 1.82) is 0 Å². The molecular weight excluding hydrogens is 382 g/mol. The Kier molecular flexibility index (Phi) is 7.76. The fourth-order valence-electron chi connectivity index (χ4n) is 5.48. The minimum Gasteiger partial charge on any atom is -0.370 e. The maximum Gasteiger partial charge on any atom is 0.203 e. The zero-order chi connectivity index (χ0) is 20.8. The summed E-state index contributed by atoms with van der Waals surface area (Å²) < 4.78 is 0. The van der Waals surface area contributed by atoms with Crippen LogP contribution in [0.3, 0.4) is 0 Å². The molecule has 4 fully saturated rings. The molecule has 0 aromatic carbocycles. The largest absolute Gasteiger partial charge is 0.370 e. The molecule has 4 saturated heterocycles. The van der Waals surface area contributed by atoms with Crippen LogP contribution in [0.15, 0.2) is 4.99 Å². The summed E-state index contributed by atoms with van der Waals surface area (Å²) in [6.45, 7) is 15.7. The zero-order valence-electron chi connectivity index (χ0n) is 18.3. The van der Waals surface area contributed by atoms with Crippen molar-refractivity contribution in [3.05, 3.63) is 0 Å². The van der Waals surface area contributed by atoms with E-state index in [0.717, 1.165) is 105 Å². The monoisotopic (exact) mass is 423 g/mol. The van der Waals surface area contributed by atoms with Crippen LogP contribution in [0, 0.1) is 0 Å². The second kappa shape index (κ2) is 10.5. The SMILES string of the molecule is NC(N)=NC(C(N1CCNCC1)N1CCNCC1)(N1CCNCC1)N1CCNCC1. The lowest BCUT2D eigenvalue weighted by Crippen LogP contribution is -2.79. The van der Waals surface area contributed by atoms with Crippen LogP contribution in [0.25, 0.3) is 0 Å². The Morgan fingerprint density at radius 3 is 1.27 bits per heavy atom. The van der Waals surface area contributed by atoms with Crippen molar-refractivity contribution in [3.63, 3.8) is 0 Å². The number of aliphatic imine (C=N–C) groups is 1. The molecule has 4 rings (SSSR count). The molecule has 11 heteroatoms. The van der Waals surface area contributed by atoms with Gasteiger partial charge < -0.3 is 32.7 Å². The third-order valence-corrected chi connectivity index (χ3v) is 6.80. The van der Waals surface area contributed by atoms with Crippen molar-refractivity contribution in [2.24, 2.45) is 16.5 Å². The van der Waals surface area contributed by atoms with Crippen LogP contribution in [0.1, 0.15) is 0 Å². The first-order chi connectivity index (χ1) is 14.7. The van der Waals surface area contributed by atoms with Gasteiger partial charge >= 0.3 is 0 Å². The predicted octanol–water partition coefficient (Wildman–Crippen LogP) is -4.14. The summed E-state index contributed by atoms with van der Waals surface area (Å²) in [6.07, 6.45) is 0.111. The summed E-state index contributed by atoms with van der Waals surface area (Å²) in [4.78, 5) is 15.5. The molecule has 172 valence electrons. The lowest BCUT2D eigenvalue weighted by molar-refractivity contribution is -0.169. The standard InChI is InChI=1S/C19H41N11/c20-18(21)26-19(29-13-5-24-6-14-29,30-15-7-25-8-16-30)17(27-9-1-22-2-10-27)28-11-3-23-4-12-28/h17,22-25H,1-16H2,(H4,20,21,26). The predicted molar refractivity (Wildman–Crippen MR) is 120 cm³/mol. The van der Waals surface area contributed by atoms with Gasteiger partial charge in [0.1, 0.15) is 6.17 Å². The Balaban J connectivity index is 1.80. The molecule has 0 atom stereocenters. The second-order valence-corrected chi connectivity index (χ2v) is 8.64. The number of nitrogens with zero attached hydrogens (tertiary/aromatic N) is 5. The minimum atomic E-state index is -0.586. The molecular formula is C19H41N11. The van der Waals surface area contributed by atoms with Crippen molar-refractivity contribution >= 4 is 5.96 Å². The van der Waals surface area contributed by atoms with E-state index in [1.165, 1.54) is 0 Å². The van der Waals surface area contributed by atoms with E-state index in [2.05, 4.69) is 40.9 Å².